The van der Waals surface area contributed by atoms with Gasteiger partial charge in [-0.25, -0.2) is 0 Å². The number of nitrogens with zero attached hydrogens (tertiary/aromatic N) is 1. The molecular weight excluding hydrogens is 438 g/mol. The summed E-state index contributed by atoms with van der Waals surface area (Å²) >= 11 is 1.50. The molecule has 0 spiro atoms. The molecule has 0 radical (unpaired) electrons. The number of hydrogen-bond donors (Lipinski definition) is 1. The molecular formula is C26H19NO5S. The number of furan rings is 1. The lowest BCUT2D eigenvalue weighted by atomic mass is 9.95. The summed E-state index contributed by atoms with van der Waals surface area (Å²) in [6.07, 6.45) is 1.38. The number of Topliss-reactive ketones (excluding diaryl/α,β-unsaturated/α-hetero) is 1. The summed E-state index contributed by atoms with van der Waals surface area (Å²) in [6.45, 7) is 0.254. The van der Waals surface area contributed by atoms with Gasteiger partial charge in [0, 0.05) is 4.88 Å². The highest BCUT2D eigenvalue weighted by Gasteiger charge is 2.44. The lowest BCUT2D eigenvalue weighted by Gasteiger charge is -2.26. The Hall–Kier alpha value is -4.10. The lowest BCUT2D eigenvalue weighted by Crippen LogP contribution is -2.30. The monoisotopic (exact) mass is 457 g/mol. The number of carbonyl (C=O) groups excluding carboxylic acids is 2. The molecule has 1 amide bonds. The molecule has 2 aromatic heterocycles. The highest BCUT2D eigenvalue weighted by atomic mass is 32.1. The van der Waals surface area contributed by atoms with Gasteiger partial charge in [-0.15, -0.1) is 11.3 Å². The number of aliphatic hydroxyl groups is 1. The number of amides is 1. The molecule has 164 valence electrons. The maximum absolute atomic E-state index is 13.3. The molecule has 5 rings (SSSR count). The van der Waals surface area contributed by atoms with Gasteiger partial charge in [0.05, 0.1) is 24.4 Å². The van der Waals surface area contributed by atoms with E-state index in [1.165, 1.54) is 28.6 Å². The summed E-state index contributed by atoms with van der Waals surface area (Å²) < 4.78 is 11.2. The highest BCUT2D eigenvalue weighted by molar-refractivity contribution is 7.09. The van der Waals surface area contributed by atoms with Crippen molar-refractivity contribution >= 4 is 23.0 Å². The van der Waals surface area contributed by atoms with Crippen molar-refractivity contribution in [3.05, 3.63) is 118 Å². The Kier molecular flexibility index (Phi) is 5.54. The molecule has 1 atom stereocenters. The first-order chi connectivity index (χ1) is 16.1. The fourth-order valence-corrected chi connectivity index (χ4v) is 4.58. The minimum atomic E-state index is -0.795. The van der Waals surface area contributed by atoms with Crippen molar-refractivity contribution in [3.63, 3.8) is 0 Å². The molecule has 0 aliphatic carbocycles. The van der Waals surface area contributed by atoms with Gasteiger partial charge in [0.25, 0.3) is 5.91 Å². The van der Waals surface area contributed by atoms with Crippen LogP contribution >= 0.6 is 11.3 Å². The van der Waals surface area contributed by atoms with Gasteiger partial charge in [0.2, 0.25) is 5.78 Å². The summed E-state index contributed by atoms with van der Waals surface area (Å²) in [4.78, 5) is 28.8. The Labute approximate surface area is 194 Å². The van der Waals surface area contributed by atoms with Crippen LogP contribution < -0.4 is 4.74 Å². The molecule has 1 aliphatic rings. The van der Waals surface area contributed by atoms with Crippen molar-refractivity contribution in [1.82, 2.24) is 4.90 Å². The summed E-state index contributed by atoms with van der Waals surface area (Å²) in [5.74, 6) is -0.413. The molecule has 1 aliphatic heterocycles. The Morgan fingerprint density at radius 3 is 2.55 bits per heavy atom. The smallest absolute Gasteiger partial charge is 0.290 e. The second-order valence-electron chi connectivity index (χ2n) is 7.47. The van der Waals surface area contributed by atoms with E-state index in [2.05, 4.69) is 0 Å². The average Bonchev–Trinajstić information content (AvgIpc) is 3.59. The van der Waals surface area contributed by atoms with Gasteiger partial charge in [-0.3, -0.25) is 9.59 Å². The van der Waals surface area contributed by atoms with Crippen LogP contribution in [0.4, 0.5) is 0 Å². The number of para-hydroxylation sites is 1. The van der Waals surface area contributed by atoms with Crippen LogP contribution in [0.3, 0.4) is 0 Å². The van der Waals surface area contributed by atoms with Gasteiger partial charge in [-0.1, -0.05) is 36.4 Å². The van der Waals surface area contributed by atoms with E-state index >= 15 is 0 Å². The van der Waals surface area contributed by atoms with Gasteiger partial charge in [0.1, 0.15) is 11.5 Å². The van der Waals surface area contributed by atoms with Crippen LogP contribution in [0.1, 0.15) is 27.0 Å². The number of ketones is 1. The number of hydrogen-bond acceptors (Lipinski definition) is 6. The van der Waals surface area contributed by atoms with E-state index < -0.39 is 23.5 Å². The van der Waals surface area contributed by atoms with Crippen molar-refractivity contribution in [2.24, 2.45) is 0 Å². The van der Waals surface area contributed by atoms with Crippen molar-refractivity contribution in [2.75, 3.05) is 0 Å². The molecule has 6 nitrogen and oxygen atoms in total. The minimum Gasteiger partial charge on any atom is -0.503 e. The molecule has 0 saturated heterocycles. The van der Waals surface area contributed by atoms with E-state index in [1.54, 1.807) is 24.3 Å². The molecule has 0 bridgehead atoms. The Morgan fingerprint density at radius 1 is 1.00 bits per heavy atom. The number of aliphatic hydroxyl groups excluding tert-OH is 1. The predicted molar refractivity (Wildman–Crippen MR) is 123 cm³/mol. The van der Waals surface area contributed by atoms with Gasteiger partial charge in [-0.05, 0) is 53.4 Å². The fourth-order valence-electron chi connectivity index (χ4n) is 3.88. The third kappa shape index (κ3) is 4.06. The van der Waals surface area contributed by atoms with Gasteiger partial charge < -0.3 is 19.2 Å². The van der Waals surface area contributed by atoms with E-state index in [0.717, 1.165) is 4.88 Å². The number of thiophene rings is 1. The van der Waals surface area contributed by atoms with E-state index in [9.17, 15) is 14.7 Å². The molecule has 2 aromatic carbocycles. The van der Waals surface area contributed by atoms with E-state index in [1.807, 2.05) is 53.9 Å². The maximum Gasteiger partial charge on any atom is 0.290 e. The standard InChI is InChI=1S/C26H19NO5S/c28-24(21-12-5-13-31-21)22-23(27(26(30)25(22)29)16-20-11-6-14-33-20)17-7-4-10-19(15-17)32-18-8-2-1-3-9-18/h1-15,23,29H,16H2. The normalized spacial score (nSPS) is 15.8. The van der Waals surface area contributed by atoms with Crippen LogP contribution in [0, 0.1) is 0 Å². The zero-order valence-corrected chi connectivity index (χ0v) is 18.2. The van der Waals surface area contributed by atoms with Crippen molar-refractivity contribution in [3.8, 4) is 11.5 Å². The second kappa shape index (κ2) is 8.80. The van der Waals surface area contributed by atoms with Gasteiger partial charge >= 0.3 is 0 Å². The molecule has 7 heteroatoms. The average molecular weight is 458 g/mol. The molecule has 3 heterocycles. The van der Waals surface area contributed by atoms with Gasteiger partial charge in [0.15, 0.2) is 11.5 Å². The number of ether oxygens (including phenoxy) is 1. The minimum absolute atomic E-state index is 0.0108. The first kappa shape index (κ1) is 20.8. The van der Waals surface area contributed by atoms with Crippen LogP contribution in [0.25, 0.3) is 0 Å². The molecule has 0 fully saturated rings. The van der Waals surface area contributed by atoms with Crippen molar-refractivity contribution in [2.45, 2.75) is 12.6 Å². The molecule has 1 unspecified atom stereocenters. The van der Waals surface area contributed by atoms with E-state index in [0.29, 0.717) is 17.1 Å². The zero-order valence-electron chi connectivity index (χ0n) is 17.4. The first-order valence-corrected chi connectivity index (χ1v) is 11.2. The summed E-state index contributed by atoms with van der Waals surface area (Å²) in [5, 5.41) is 12.7. The van der Waals surface area contributed by atoms with Crippen LogP contribution in [0.2, 0.25) is 0 Å². The lowest BCUT2D eigenvalue weighted by molar-refractivity contribution is -0.130. The molecule has 4 aromatic rings. The highest BCUT2D eigenvalue weighted by Crippen LogP contribution is 2.41. The largest absolute Gasteiger partial charge is 0.503 e. The van der Waals surface area contributed by atoms with Crippen LogP contribution in [-0.4, -0.2) is 21.7 Å². The van der Waals surface area contributed by atoms with Crippen molar-refractivity contribution < 1.29 is 23.8 Å². The van der Waals surface area contributed by atoms with E-state index in [-0.39, 0.29) is 17.9 Å². The van der Waals surface area contributed by atoms with Crippen molar-refractivity contribution in [1.29, 1.82) is 0 Å². The van der Waals surface area contributed by atoms with E-state index in [4.69, 9.17) is 9.15 Å². The summed E-state index contributed by atoms with van der Waals surface area (Å²) in [6, 6.07) is 22.6. The maximum atomic E-state index is 13.3. The van der Waals surface area contributed by atoms with Gasteiger partial charge in [-0.2, -0.15) is 0 Å². The fraction of sp³-hybridized carbons (Fsp3) is 0.0769. The second-order valence-corrected chi connectivity index (χ2v) is 8.50. The first-order valence-electron chi connectivity index (χ1n) is 10.3. The Bertz CT molecular complexity index is 1310. The SMILES string of the molecule is O=C(C1=C(O)C(=O)N(Cc2cccs2)C1c1cccc(Oc2ccccc2)c1)c1ccco1. The summed E-state index contributed by atoms with van der Waals surface area (Å²) in [5.41, 5.74) is 0.635. The Morgan fingerprint density at radius 2 is 1.82 bits per heavy atom. The summed E-state index contributed by atoms with van der Waals surface area (Å²) in [7, 11) is 0. The van der Waals surface area contributed by atoms with Crippen LogP contribution in [0.5, 0.6) is 11.5 Å². The number of benzene rings is 2. The third-order valence-electron chi connectivity index (χ3n) is 5.35. The number of carbonyl (C=O) groups is 2. The predicted octanol–water partition coefficient (Wildman–Crippen LogP) is 5.91. The van der Waals surface area contributed by atoms with Crippen LogP contribution in [0.15, 0.2) is 106 Å². The Balaban J connectivity index is 1.56. The zero-order chi connectivity index (χ0) is 22.8. The molecule has 33 heavy (non-hydrogen) atoms. The quantitative estimate of drug-likeness (QED) is 0.349. The topological polar surface area (TPSA) is 80.0 Å². The molecule has 1 N–H and O–H groups in total. The molecule has 0 saturated carbocycles. The number of rotatable bonds is 7. The van der Waals surface area contributed by atoms with Crippen LogP contribution in [-0.2, 0) is 11.3 Å². The third-order valence-corrected chi connectivity index (χ3v) is 6.21.